The summed E-state index contributed by atoms with van der Waals surface area (Å²) in [6.07, 6.45) is 0.565. The van der Waals surface area contributed by atoms with Gasteiger partial charge in [0.2, 0.25) is 5.91 Å². The Morgan fingerprint density at radius 2 is 1.80 bits per heavy atom. The molecule has 0 radical (unpaired) electrons. The maximum Gasteiger partial charge on any atom is 0.326 e. The summed E-state index contributed by atoms with van der Waals surface area (Å²) in [4.78, 5) is 36.3. The number of pyridine rings is 1. The van der Waals surface area contributed by atoms with Gasteiger partial charge in [0.25, 0.3) is 5.56 Å². The predicted octanol–water partition coefficient (Wildman–Crippen LogP) is 1.92. The fourth-order valence-corrected chi connectivity index (χ4v) is 2.81. The summed E-state index contributed by atoms with van der Waals surface area (Å²) in [5, 5.41) is 12.0. The molecule has 132 valence electrons. The lowest BCUT2D eigenvalue weighted by atomic mass is 10.1. The highest BCUT2D eigenvalue weighted by Gasteiger charge is 2.26. The van der Waals surface area contributed by atoms with E-state index in [4.69, 9.17) is 0 Å². The van der Waals surface area contributed by atoms with E-state index < -0.39 is 24.0 Å². The van der Waals surface area contributed by atoms with Gasteiger partial charge in [-0.25, -0.2) is 4.79 Å². The van der Waals surface area contributed by atoms with Gasteiger partial charge in [-0.3, -0.25) is 9.59 Å². The Hall–Kier alpha value is -2.89. The van der Waals surface area contributed by atoms with Crippen molar-refractivity contribution < 1.29 is 14.7 Å². The van der Waals surface area contributed by atoms with Gasteiger partial charge in [-0.15, -0.1) is 0 Å². The van der Waals surface area contributed by atoms with E-state index in [9.17, 15) is 19.5 Å². The number of aliphatic carboxylic acids is 1. The van der Waals surface area contributed by atoms with E-state index in [2.05, 4.69) is 5.32 Å². The summed E-state index contributed by atoms with van der Waals surface area (Å²) >= 11 is 0. The fourth-order valence-electron chi connectivity index (χ4n) is 2.81. The van der Waals surface area contributed by atoms with Crippen LogP contribution in [0.15, 0.2) is 53.3 Å². The van der Waals surface area contributed by atoms with Crippen LogP contribution in [0.2, 0.25) is 0 Å². The third-order valence-corrected chi connectivity index (χ3v) is 4.09. The number of benzene rings is 1. The number of nitrogens with zero attached hydrogens (tertiary/aromatic N) is 1. The van der Waals surface area contributed by atoms with Crippen LogP contribution in [0.4, 0.5) is 0 Å². The minimum Gasteiger partial charge on any atom is -0.480 e. The molecule has 0 saturated heterocycles. The molecule has 6 nitrogen and oxygen atoms in total. The standard InChI is InChI=1S/C19H22N2O4/c1-3-16(21-13(2)8-7-11-17(21)22)18(23)20-15(19(24)25)12-14-9-5-4-6-10-14/h4-11,15-16H,3,12H2,1-2H3,(H,20,23)(H,24,25). The summed E-state index contributed by atoms with van der Waals surface area (Å²) in [6.45, 7) is 3.53. The first-order chi connectivity index (χ1) is 11.9. The van der Waals surface area contributed by atoms with Gasteiger partial charge in [-0.1, -0.05) is 43.3 Å². The molecule has 0 spiro atoms. The van der Waals surface area contributed by atoms with E-state index in [1.165, 1.54) is 10.6 Å². The number of carbonyl (C=O) groups is 2. The number of nitrogens with one attached hydrogen (secondary N) is 1. The van der Waals surface area contributed by atoms with Gasteiger partial charge < -0.3 is 15.0 Å². The number of hydrogen-bond donors (Lipinski definition) is 2. The van der Waals surface area contributed by atoms with Crippen molar-refractivity contribution in [3.8, 4) is 0 Å². The molecule has 1 aromatic carbocycles. The number of aromatic nitrogens is 1. The molecule has 0 bridgehead atoms. The number of carbonyl (C=O) groups excluding carboxylic acids is 1. The maximum absolute atomic E-state index is 12.7. The Bertz CT molecular complexity index is 799. The molecule has 2 aromatic rings. The molecular weight excluding hydrogens is 320 g/mol. The highest BCUT2D eigenvalue weighted by atomic mass is 16.4. The molecule has 0 fully saturated rings. The first-order valence-corrected chi connectivity index (χ1v) is 8.19. The van der Waals surface area contributed by atoms with Crippen molar-refractivity contribution in [1.82, 2.24) is 9.88 Å². The number of carboxylic acids is 1. The summed E-state index contributed by atoms with van der Waals surface area (Å²) in [5.74, 6) is -1.58. The van der Waals surface area contributed by atoms with E-state index in [-0.39, 0.29) is 12.0 Å². The van der Waals surface area contributed by atoms with Crippen LogP contribution in [0.25, 0.3) is 0 Å². The van der Waals surface area contributed by atoms with E-state index in [0.29, 0.717) is 12.1 Å². The molecule has 2 rings (SSSR count). The van der Waals surface area contributed by atoms with Crippen molar-refractivity contribution in [3.05, 3.63) is 70.1 Å². The Kier molecular flexibility index (Phi) is 6.11. The van der Waals surface area contributed by atoms with Gasteiger partial charge in [0.1, 0.15) is 12.1 Å². The van der Waals surface area contributed by atoms with E-state index >= 15 is 0 Å². The molecular formula is C19H22N2O4. The van der Waals surface area contributed by atoms with Crippen LogP contribution in [0, 0.1) is 6.92 Å². The number of rotatable bonds is 7. The van der Waals surface area contributed by atoms with Gasteiger partial charge in [0.15, 0.2) is 0 Å². The second-order valence-electron chi connectivity index (χ2n) is 5.89. The molecule has 6 heteroatoms. The topological polar surface area (TPSA) is 88.4 Å². The maximum atomic E-state index is 12.7. The smallest absolute Gasteiger partial charge is 0.326 e. The monoisotopic (exact) mass is 342 g/mol. The molecule has 0 aliphatic heterocycles. The van der Waals surface area contributed by atoms with Gasteiger partial charge in [-0.2, -0.15) is 0 Å². The van der Waals surface area contributed by atoms with Crippen LogP contribution < -0.4 is 10.9 Å². The van der Waals surface area contributed by atoms with Crippen LogP contribution in [-0.2, 0) is 16.0 Å². The van der Waals surface area contributed by atoms with E-state index in [1.54, 1.807) is 26.0 Å². The molecule has 0 aliphatic rings. The average Bonchev–Trinajstić information content (AvgIpc) is 2.58. The average molecular weight is 342 g/mol. The Morgan fingerprint density at radius 1 is 1.12 bits per heavy atom. The molecule has 2 unspecified atom stereocenters. The quantitative estimate of drug-likeness (QED) is 0.805. The Morgan fingerprint density at radius 3 is 2.36 bits per heavy atom. The van der Waals surface area contributed by atoms with E-state index in [1.807, 2.05) is 30.3 Å². The zero-order valence-corrected chi connectivity index (χ0v) is 14.3. The highest BCUT2D eigenvalue weighted by Crippen LogP contribution is 2.13. The minimum atomic E-state index is -1.11. The molecule has 1 heterocycles. The second kappa shape index (κ2) is 8.28. The third kappa shape index (κ3) is 4.56. The first kappa shape index (κ1) is 18.4. The Labute approximate surface area is 146 Å². The molecule has 0 saturated carbocycles. The fraction of sp³-hybridized carbons (Fsp3) is 0.316. The van der Waals surface area contributed by atoms with Crippen molar-refractivity contribution in [3.63, 3.8) is 0 Å². The van der Waals surface area contributed by atoms with Gasteiger partial charge in [0.05, 0.1) is 0 Å². The van der Waals surface area contributed by atoms with Crippen molar-refractivity contribution in [2.24, 2.45) is 0 Å². The lowest BCUT2D eigenvalue weighted by molar-refractivity contribution is -0.142. The van der Waals surface area contributed by atoms with Gasteiger partial charge in [0, 0.05) is 18.2 Å². The molecule has 2 N–H and O–H groups in total. The SMILES string of the molecule is CCC(C(=O)NC(Cc1ccccc1)C(=O)O)n1c(C)cccc1=O. The predicted molar refractivity (Wildman–Crippen MR) is 94.5 cm³/mol. The van der Waals surface area contributed by atoms with Crippen molar-refractivity contribution >= 4 is 11.9 Å². The van der Waals surface area contributed by atoms with Crippen LogP contribution in [0.1, 0.15) is 30.6 Å². The number of carboxylic acid groups (broad SMARTS) is 1. The lowest BCUT2D eigenvalue weighted by Gasteiger charge is -2.22. The van der Waals surface area contributed by atoms with Crippen molar-refractivity contribution in [2.75, 3.05) is 0 Å². The Balaban J connectivity index is 2.21. The summed E-state index contributed by atoms with van der Waals surface area (Å²) in [5.41, 5.74) is 1.19. The van der Waals surface area contributed by atoms with E-state index in [0.717, 1.165) is 5.56 Å². The van der Waals surface area contributed by atoms with Gasteiger partial charge in [-0.05, 0) is 25.0 Å². The summed E-state index contributed by atoms with van der Waals surface area (Å²) < 4.78 is 1.40. The summed E-state index contributed by atoms with van der Waals surface area (Å²) in [6, 6.07) is 12.1. The van der Waals surface area contributed by atoms with Crippen LogP contribution in [-0.4, -0.2) is 27.6 Å². The van der Waals surface area contributed by atoms with Crippen LogP contribution in [0.3, 0.4) is 0 Å². The molecule has 0 aliphatic carbocycles. The van der Waals surface area contributed by atoms with Crippen molar-refractivity contribution in [2.45, 2.75) is 38.8 Å². The van der Waals surface area contributed by atoms with Crippen LogP contribution in [0.5, 0.6) is 0 Å². The molecule has 1 amide bonds. The van der Waals surface area contributed by atoms with Crippen LogP contribution >= 0.6 is 0 Å². The molecule has 1 aromatic heterocycles. The number of amides is 1. The van der Waals surface area contributed by atoms with Gasteiger partial charge >= 0.3 is 5.97 Å². The zero-order valence-electron chi connectivity index (χ0n) is 14.3. The number of hydrogen-bond acceptors (Lipinski definition) is 3. The lowest BCUT2D eigenvalue weighted by Crippen LogP contribution is -2.46. The molecule has 25 heavy (non-hydrogen) atoms. The number of aryl methyl sites for hydroxylation is 1. The molecule has 2 atom stereocenters. The third-order valence-electron chi connectivity index (χ3n) is 4.09. The minimum absolute atomic E-state index is 0.182. The summed E-state index contributed by atoms with van der Waals surface area (Å²) in [7, 11) is 0. The first-order valence-electron chi connectivity index (χ1n) is 8.19. The largest absolute Gasteiger partial charge is 0.480 e. The highest BCUT2D eigenvalue weighted by molar-refractivity contribution is 5.86. The normalized spacial score (nSPS) is 13.0. The second-order valence-corrected chi connectivity index (χ2v) is 5.89. The van der Waals surface area contributed by atoms with Crippen molar-refractivity contribution in [1.29, 1.82) is 0 Å². The zero-order chi connectivity index (χ0) is 18.4.